The van der Waals surface area contributed by atoms with Crippen molar-refractivity contribution < 1.29 is 8.42 Å². The molecule has 0 fully saturated rings. The molecule has 0 aliphatic carbocycles. The summed E-state index contributed by atoms with van der Waals surface area (Å²) in [5.41, 5.74) is 4.38. The van der Waals surface area contributed by atoms with E-state index in [9.17, 15) is 8.42 Å². The van der Waals surface area contributed by atoms with Crippen LogP contribution in [0.5, 0.6) is 0 Å². The molecule has 3 aromatic carbocycles. The number of unbranched alkanes of at least 4 members (excludes halogenated alkanes) is 1. The summed E-state index contributed by atoms with van der Waals surface area (Å²) in [6.45, 7) is 3.39. The summed E-state index contributed by atoms with van der Waals surface area (Å²) in [6.07, 6.45) is 1.66. The third-order valence-corrected chi connectivity index (χ3v) is 8.03. The van der Waals surface area contributed by atoms with Gasteiger partial charge in [0.05, 0.1) is 16.3 Å². The molecule has 0 bridgehead atoms. The van der Waals surface area contributed by atoms with E-state index in [-0.39, 0.29) is 0 Å². The molecule has 7 heteroatoms. The van der Waals surface area contributed by atoms with Crippen molar-refractivity contribution in [3.63, 3.8) is 0 Å². The van der Waals surface area contributed by atoms with Gasteiger partial charge in [-0.1, -0.05) is 90.6 Å². The first-order valence-electron chi connectivity index (χ1n) is 11.5. The van der Waals surface area contributed by atoms with Gasteiger partial charge < -0.3 is 4.57 Å². The molecule has 0 atom stereocenters. The zero-order valence-electron chi connectivity index (χ0n) is 19.2. The lowest BCUT2D eigenvalue weighted by atomic mass is 10.0. The fraction of sp³-hybridized carbons (Fsp3) is 0.222. The molecule has 0 unspecified atom stereocenters. The molecule has 0 saturated carbocycles. The van der Waals surface area contributed by atoms with E-state index in [1.165, 1.54) is 0 Å². The maximum Gasteiger partial charge on any atom is 0.240 e. The number of thioether (sulfide) groups is 1. The van der Waals surface area contributed by atoms with Crippen LogP contribution in [0.15, 0.2) is 101 Å². The highest BCUT2D eigenvalue weighted by molar-refractivity contribution is 7.99. The Morgan fingerprint density at radius 2 is 1.41 bits per heavy atom. The van der Waals surface area contributed by atoms with E-state index in [2.05, 4.69) is 52.6 Å². The summed E-state index contributed by atoms with van der Waals surface area (Å²) in [5, 5.41) is 0.991. The van der Waals surface area contributed by atoms with Crippen molar-refractivity contribution in [3.8, 4) is 22.5 Å². The van der Waals surface area contributed by atoms with Gasteiger partial charge in [0.15, 0.2) is 5.16 Å². The first-order valence-corrected chi connectivity index (χ1v) is 14.0. The van der Waals surface area contributed by atoms with E-state index in [0.717, 1.165) is 52.8 Å². The number of benzene rings is 3. The van der Waals surface area contributed by atoms with Gasteiger partial charge in [0.1, 0.15) is 0 Å². The normalized spacial score (nSPS) is 11.6. The molecule has 1 N–H and O–H groups in total. The van der Waals surface area contributed by atoms with E-state index in [4.69, 9.17) is 4.98 Å². The Hall–Kier alpha value is -2.87. The highest BCUT2D eigenvalue weighted by Crippen LogP contribution is 2.36. The van der Waals surface area contributed by atoms with Gasteiger partial charge >= 0.3 is 0 Å². The molecule has 5 nitrogen and oxygen atoms in total. The molecule has 0 amide bonds. The fourth-order valence-electron chi connectivity index (χ4n) is 3.80. The molecule has 34 heavy (non-hydrogen) atoms. The summed E-state index contributed by atoms with van der Waals surface area (Å²) >= 11 is 1.72. The van der Waals surface area contributed by atoms with Crippen LogP contribution < -0.4 is 4.72 Å². The third kappa shape index (κ3) is 5.78. The van der Waals surface area contributed by atoms with Crippen LogP contribution in [-0.4, -0.2) is 30.3 Å². The van der Waals surface area contributed by atoms with Gasteiger partial charge in [-0.15, -0.1) is 0 Å². The standard InChI is InChI=1S/C27H29N3O2S2/c1-2-30-26(23-16-8-4-9-17-23)25(22-14-6-3-7-15-22)29-27(30)33-21-13-12-20-28-34(31,32)24-18-10-5-11-19-24/h3-11,14-19,28H,2,12-13,20-21H2,1H3. The number of rotatable bonds is 11. The Kier molecular flexibility index (Phi) is 8.21. The van der Waals surface area contributed by atoms with Gasteiger partial charge in [0, 0.05) is 30.0 Å². The molecule has 0 aliphatic rings. The maximum atomic E-state index is 12.3. The molecule has 4 rings (SSSR count). The molecular formula is C27H29N3O2S2. The largest absolute Gasteiger partial charge is 0.319 e. The van der Waals surface area contributed by atoms with Gasteiger partial charge in [-0.05, 0) is 31.9 Å². The van der Waals surface area contributed by atoms with E-state index in [1.807, 2.05) is 30.3 Å². The summed E-state index contributed by atoms with van der Waals surface area (Å²) in [6, 6.07) is 29.2. The predicted octanol–water partition coefficient (Wildman–Crippen LogP) is 6.09. The molecule has 1 heterocycles. The maximum absolute atomic E-state index is 12.3. The van der Waals surface area contributed by atoms with E-state index < -0.39 is 10.0 Å². The van der Waals surface area contributed by atoms with Gasteiger partial charge in [-0.25, -0.2) is 18.1 Å². The summed E-state index contributed by atoms with van der Waals surface area (Å²) in [5.74, 6) is 0.868. The van der Waals surface area contributed by atoms with Crippen LogP contribution in [0.1, 0.15) is 19.8 Å². The van der Waals surface area contributed by atoms with Gasteiger partial charge in [0.2, 0.25) is 10.0 Å². The molecule has 0 radical (unpaired) electrons. The Morgan fingerprint density at radius 3 is 2.03 bits per heavy atom. The fourth-order valence-corrected chi connectivity index (χ4v) is 5.96. The Balaban J connectivity index is 1.43. The second-order valence-electron chi connectivity index (χ2n) is 7.83. The van der Waals surface area contributed by atoms with Crippen molar-refractivity contribution in [2.24, 2.45) is 0 Å². The smallest absolute Gasteiger partial charge is 0.240 e. The van der Waals surface area contributed by atoms with Crippen molar-refractivity contribution in [2.75, 3.05) is 12.3 Å². The van der Waals surface area contributed by atoms with Gasteiger partial charge in [-0.2, -0.15) is 0 Å². The first-order chi connectivity index (χ1) is 16.6. The molecular weight excluding hydrogens is 462 g/mol. The van der Waals surface area contributed by atoms with Crippen LogP contribution in [0.4, 0.5) is 0 Å². The number of hydrogen-bond acceptors (Lipinski definition) is 4. The zero-order valence-corrected chi connectivity index (χ0v) is 20.9. The molecule has 0 aliphatic heterocycles. The van der Waals surface area contributed by atoms with Gasteiger partial charge in [0.25, 0.3) is 0 Å². The van der Waals surface area contributed by atoms with Crippen molar-refractivity contribution in [3.05, 3.63) is 91.0 Å². The predicted molar refractivity (Wildman–Crippen MR) is 140 cm³/mol. The minimum atomic E-state index is -3.45. The van der Waals surface area contributed by atoms with E-state index >= 15 is 0 Å². The lowest BCUT2D eigenvalue weighted by Crippen LogP contribution is -2.24. The summed E-state index contributed by atoms with van der Waals surface area (Å²) in [4.78, 5) is 5.34. The number of imidazole rings is 1. The summed E-state index contributed by atoms with van der Waals surface area (Å²) in [7, 11) is -3.45. The van der Waals surface area contributed by atoms with Crippen LogP contribution in [0.25, 0.3) is 22.5 Å². The number of nitrogens with one attached hydrogen (secondary N) is 1. The van der Waals surface area contributed by atoms with Crippen LogP contribution in [0.3, 0.4) is 0 Å². The summed E-state index contributed by atoms with van der Waals surface area (Å²) < 4.78 is 29.7. The monoisotopic (exact) mass is 491 g/mol. The average Bonchev–Trinajstić information content (AvgIpc) is 3.26. The Morgan fingerprint density at radius 1 is 0.824 bits per heavy atom. The van der Waals surface area contributed by atoms with Crippen LogP contribution in [0, 0.1) is 0 Å². The minimum Gasteiger partial charge on any atom is -0.319 e. The Labute approximate surface area is 206 Å². The molecule has 176 valence electrons. The molecule has 4 aromatic rings. The van der Waals surface area contributed by atoms with Crippen molar-refractivity contribution in [1.82, 2.24) is 14.3 Å². The average molecular weight is 492 g/mol. The zero-order chi connectivity index (χ0) is 23.8. The van der Waals surface area contributed by atoms with Crippen molar-refractivity contribution in [2.45, 2.75) is 36.4 Å². The molecule has 0 saturated heterocycles. The van der Waals surface area contributed by atoms with Crippen molar-refractivity contribution >= 4 is 21.8 Å². The van der Waals surface area contributed by atoms with Crippen molar-refractivity contribution in [1.29, 1.82) is 0 Å². The highest BCUT2D eigenvalue weighted by Gasteiger charge is 2.19. The molecule has 0 spiro atoms. The number of sulfonamides is 1. The number of nitrogens with zero attached hydrogens (tertiary/aromatic N) is 2. The first kappa shape index (κ1) is 24.3. The van der Waals surface area contributed by atoms with Gasteiger partial charge in [-0.3, -0.25) is 0 Å². The van der Waals surface area contributed by atoms with E-state index in [1.54, 1.807) is 36.0 Å². The quantitative estimate of drug-likeness (QED) is 0.204. The lowest BCUT2D eigenvalue weighted by Gasteiger charge is -2.11. The second-order valence-corrected chi connectivity index (χ2v) is 10.7. The van der Waals surface area contributed by atoms with Crippen LogP contribution in [0.2, 0.25) is 0 Å². The number of hydrogen-bond donors (Lipinski definition) is 1. The second kappa shape index (κ2) is 11.5. The SMILES string of the molecule is CCn1c(SCCCCNS(=O)(=O)c2ccccc2)nc(-c2ccccc2)c1-c1ccccc1. The molecule has 1 aromatic heterocycles. The van der Waals surface area contributed by atoms with E-state index in [0.29, 0.717) is 11.4 Å². The highest BCUT2D eigenvalue weighted by atomic mass is 32.2. The van der Waals surface area contributed by atoms with Crippen LogP contribution >= 0.6 is 11.8 Å². The minimum absolute atomic E-state index is 0.302. The number of aromatic nitrogens is 2. The van der Waals surface area contributed by atoms with Crippen LogP contribution in [-0.2, 0) is 16.6 Å². The lowest BCUT2D eigenvalue weighted by molar-refractivity contribution is 0.578. The topological polar surface area (TPSA) is 64.0 Å². The Bertz CT molecular complexity index is 1290. The third-order valence-electron chi connectivity index (χ3n) is 5.49.